The van der Waals surface area contributed by atoms with E-state index in [9.17, 15) is 4.55 Å². The zero-order chi connectivity index (χ0) is 12.3. The molecule has 0 radical (unpaired) electrons. The molecule has 0 aliphatic carbocycles. The highest BCUT2D eigenvalue weighted by molar-refractivity contribution is 7.90. The monoisotopic (exact) mass is 240 g/mol. The normalized spacial score (nSPS) is 15.9. The minimum atomic E-state index is -1.06. The first kappa shape index (κ1) is 13.5. The molecule has 1 unspecified atom stereocenters. The van der Waals surface area contributed by atoms with E-state index in [-0.39, 0.29) is 10.8 Å². The summed E-state index contributed by atoms with van der Waals surface area (Å²) in [6.45, 7) is 9.79. The van der Waals surface area contributed by atoms with Gasteiger partial charge in [-0.25, -0.2) is 0 Å². The van der Waals surface area contributed by atoms with Gasteiger partial charge in [-0.3, -0.25) is 4.98 Å². The van der Waals surface area contributed by atoms with Crippen molar-refractivity contribution in [2.45, 2.75) is 45.4 Å². The molecule has 1 N–H and O–H groups in total. The second kappa shape index (κ2) is 5.17. The van der Waals surface area contributed by atoms with Crippen molar-refractivity contribution in [3.05, 3.63) is 29.6 Å². The van der Waals surface area contributed by atoms with Crippen LogP contribution in [0.25, 0.3) is 0 Å². The predicted molar refractivity (Wildman–Crippen MR) is 68.4 cm³/mol. The zero-order valence-electron chi connectivity index (χ0n) is 10.6. The van der Waals surface area contributed by atoms with Gasteiger partial charge in [0.1, 0.15) is 4.75 Å². The second-order valence-corrected chi connectivity index (χ2v) is 6.92. The number of aryl methyl sites for hydroxylation is 1. The highest BCUT2D eigenvalue weighted by Gasteiger charge is 2.28. The van der Waals surface area contributed by atoms with Crippen molar-refractivity contribution in [1.29, 1.82) is 0 Å². The molecule has 90 valence electrons. The lowest BCUT2D eigenvalue weighted by Crippen LogP contribution is -2.40. The van der Waals surface area contributed by atoms with Crippen molar-refractivity contribution in [1.82, 2.24) is 9.71 Å². The molecule has 0 aliphatic rings. The van der Waals surface area contributed by atoms with E-state index in [4.69, 9.17) is 0 Å². The van der Waals surface area contributed by atoms with Crippen LogP contribution in [0, 0.1) is 6.92 Å². The number of nitrogens with zero attached hydrogens (tertiary/aromatic N) is 1. The Morgan fingerprint density at radius 2 is 2.00 bits per heavy atom. The summed E-state index contributed by atoms with van der Waals surface area (Å²) < 4.78 is 14.7. The molecule has 0 saturated carbocycles. The van der Waals surface area contributed by atoms with Gasteiger partial charge in [0, 0.05) is 17.1 Å². The third-order valence-electron chi connectivity index (χ3n) is 2.19. The van der Waals surface area contributed by atoms with E-state index in [0.717, 1.165) is 11.4 Å². The van der Waals surface area contributed by atoms with Gasteiger partial charge in [0.05, 0.1) is 11.7 Å². The van der Waals surface area contributed by atoms with Crippen LogP contribution in [-0.4, -0.2) is 14.3 Å². The largest absolute Gasteiger partial charge is 0.598 e. The summed E-state index contributed by atoms with van der Waals surface area (Å²) in [5.74, 6) is 0. The van der Waals surface area contributed by atoms with Crippen molar-refractivity contribution in [3.63, 3.8) is 0 Å². The van der Waals surface area contributed by atoms with Gasteiger partial charge >= 0.3 is 0 Å². The van der Waals surface area contributed by atoms with Crippen molar-refractivity contribution >= 4 is 11.4 Å². The number of aromatic nitrogens is 1. The maximum absolute atomic E-state index is 11.9. The summed E-state index contributed by atoms with van der Waals surface area (Å²) in [6, 6.07) is 5.87. The fourth-order valence-electron chi connectivity index (χ4n) is 1.20. The molecule has 1 rings (SSSR count). The summed E-state index contributed by atoms with van der Waals surface area (Å²) in [5.41, 5.74) is 1.91. The lowest BCUT2D eigenvalue weighted by Gasteiger charge is -2.26. The molecule has 0 amide bonds. The maximum Gasteiger partial charge on any atom is 0.136 e. The number of nitrogens with one attached hydrogen (secondary N) is 1. The van der Waals surface area contributed by atoms with Gasteiger partial charge in [-0.05, 0) is 46.8 Å². The highest BCUT2D eigenvalue weighted by Crippen LogP contribution is 2.18. The fraction of sp³-hybridized carbons (Fsp3) is 0.583. The Labute approximate surface area is 101 Å². The van der Waals surface area contributed by atoms with E-state index in [2.05, 4.69) is 9.71 Å². The molecule has 0 saturated heterocycles. The summed E-state index contributed by atoms with van der Waals surface area (Å²) in [4.78, 5) is 4.41. The first-order valence-corrected chi connectivity index (χ1v) is 6.57. The van der Waals surface area contributed by atoms with Crippen molar-refractivity contribution < 1.29 is 4.55 Å². The minimum absolute atomic E-state index is 0.0000386. The lowest BCUT2D eigenvalue weighted by atomic mass is 10.2. The van der Waals surface area contributed by atoms with Crippen LogP contribution >= 0.6 is 0 Å². The van der Waals surface area contributed by atoms with E-state index in [0.29, 0.717) is 0 Å². The Kier molecular flexibility index (Phi) is 4.35. The standard InChI is InChI=1S/C12H20N2OS/c1-9-7-6-8-11(13-9)10(2)14-16(15)12(3,4)5/h6-8,10,14H,1-5H3/t10-,16?/m1/s1. The molecule has 0 spiro atoms. The summed E-state index contributed by atoms with van der Waals surface area (Å²) >= 11 is -1.06. The smallest absolute Gasteiger partial charge is 0.136 e. The fourth-order valence-corrected chi connectivity index (χ4v) is 2.00. The zero-order valence-corrected chi connectivity index (χ0v) is 11.4. The molecule has 1 heterocycles. The topological polar surface area (TPSA) is 48.0 Å². The van der Waals surface area contributed by atoms with Crippen LogP contribution in [-0.2, 0) is 11.4 Å². The maximum atomic E-state index is 11.9. The van der Waals surface area contributed by atoms with Crippen LogP contribution in [0.15, 0.2) is 18.2 Å². The van der Waals surface area contributed by atoms with Gasteiger partial charge in [0.15, 0.2) is 0 Å². The predicted octanol–water partition coefficient (Wildman–Crippen LogP) is 2.50. The molecule has 0 aromatic carbocycles. The number of rotatable bonds is 3. The Balaban J connectivity index is 2.69. The van der Waals surface area contributed by atoms with Crippen LogP contribution in [0.3, 0.4) is 0 Å². The molecule has 1 aromatic heterocycles. The van der Waals surface area contributed by atoms with Crippen molar-refractivity contribution in [2.75, 3.05) is 0 Å². The highest BCUT2D eigenvalue weighted by atomic mass is 32.2. The molecule has 0 bridgehead atoms. The molecule has 0 fully saturated rings. The Morgan fingerprint density at radius 3 is 2.50 bits per heavy atom. The average Bonchev–Trinajstić information content (AvgIpc) is 2.16. The first-order valence-electron chi connectivity index (χ1n) is 5.42. The molecular formula is C12H20N2OS. The molecule has 0 aliphatic heterocycles. The van der Waals surface area contributed by atoms with Crippen molar-refractivity contribution in [3.8, 4) is 0 Å². The van der Waals surface area contributed by atoms with Crippen LogP contribution < -0.4 is 4.72 Å². The van der Waals surface area contributed by atoms with E-state index in [1.54, 1.807) is 0 Å². The van der Waals surface area contributed by atoms with Gasteiger partial charge in [-0.1, -0.05) is 6.07 Å². The minimum Gasteiger partial charge on any atom is -0.598 e. The van der Waals surface area contributed by atoms with Crippen LogP contribution in [0.5, 0.6) is 0 Å². The summed E-state index contributed by atoms with van der Waals surface area (Å²) in [6.07, 6.45) is 0. The Morgan fingerprint density at radius 1 is 1.38 bits per heavy atom. The quantitative estimate of drug-likeness (QED) is 0.826. The first-order chi connectivity index (χ1) is 7.30. The molecule has 3 nitrogen and oxygen atoms in total. The number of hydrogen-bond acceptors (Lipinski definition) is 3. The van der Waals surface area contributed by atoms with Gasteiger partial charge < -0.3 is 4.55 Å². The summed E-state index contributed by atoms with van der Waals surface area (Å²) in [7, 11) is 0. The van der Waals surface area contributed by atoms with Gasteiger partial charge in [-0.2, -0.15) is 0 Å². The third-order valence-corrected chi connectivity index (χ3v) is 3.87. The number of pyridine rings is 1. The van der Waals surface area contributed by atoms with Crippen molar-refractivity contribution in [2.24, 2.45) is 0 Å². The van der Waals surface area contributed by atoms with Crippen LogP contribution in [0.2, 0.25) is 0 Å². The van der Waals surface area contributed by atoms with Gasteiger partial charge in [0.25, 0.3) is 0 Å². The third kappa shape index (κ3) is 3.77. The summed E-state index contributed by atoms with van der Waals surface area (Å²) in [5, 5.41) is 0. The van der Waals surface area contributed by atoms with Crippen LogP contribution in [0.1, 0.15) is 45.1 Å². The van der Waals surface area contributed by atoms with E-state index < -0.39 is 11.4 Å². The van der Waals surface area contributed by atoms with Gasteiger partial charge in [-0.15, -0.1) is 4.72 Å². The lowest BCUT2D eigenvalue weighted by molar-refractivity contribution is 0.529. The Bertz CT molecular complexity index is 349. The number of hydrogen-bond donors (Lipinski definition) is 1. The van der Waals surface area contributed by atoms with Crippen LogP contribution in [0.4, 0.5) is 0 Å². The molecule has 2 atom stereocenters. The molecular weight excluding hydrogens is 220 g/mol. The second-order valence-electron chi connectivity index (χ2n) is 4.92. The molecule has 16 heavy (non-hydrogen) atoms. The van der Waals surface area contributed by atoms with E-state index >= 15 is 0 Å². The molecule has 4 heteroatoms. The SMILES string of the molecule is Cc1cccc([C@@H](C)N[S+]([O-])C(C)(C)C)n1. The average molecular weight is 240 g/mol. The van der Waals surface area contributed by atoms with Gasteiger partial charge in [0.2, 0.25) is 0 Å². The molecule has 1 aromatic rings. The Hall–Kier alpha value is -0.580. The van der Waals surface area contributed by atoms with E-state index in [1.807, 2.05) is 52.8 Å². The van der Waals surface area contributed by atoms with E-state index in [1.165, 1.54) is 0 Å².